The van der Waals surface area contributed by atoms with Gasteiger partial charge in [0.25, 0.3) is 0 Å². The van der Waals surface area contributed by atoms with Crippen molar-refractivity contribution in [1.29, 1.82) is 0 Å². The molecule has 0 radical (unpaired) electrons. The monoisotopic (exact) mass is 460 g/mol. The Morgan fingerprint density at radius 2 is 1.79 bits per heavy atom. The van der Waals surface area contributed by atoms with Crippen molar-refractivity contribution < 1.29 is 9.53 Å². The van der Waals surface area contributed by atoms with Crippen LogP contribution in [0.1, 0.15) is 44.5 Å². The molecule has 2 aromatic carbocycles. The van der Waals surface area contributed by atoms with E-state index < -0.39 is 0 Å². The second-order valence-electron chi connectivity index (χ2n) is 8.21. The highest BCUT2D eigenvalue weighted by atomic mass is 35.5. The summed E-state index contributed by atoms with van der Waals surface area (Å²) >= 11 is 6.07. The van der Waals surface area contributed by atoms with Gasteiger partial charge < -0.3 is 9.30 Å². The van der Waals surface area contributed by atoms with Crippen LogP contribution in [0.3, 0.4) is 0 Å². The molecule has 0 fully saturated rings. The molecule has 33 heavy (non-hydrogen) atoms. The number of ether oxygens (including phenoxy) is 1. The summed E-state index contributed by atoms with van der Waals surface area (Å²) in [6.07, 6.45) is 4.72. The van der Waals surface area contributed by atoms with Gasteiger partial charge >= 0.3 is 5.97 Å². The first-order chi connectivity index (χ1) is 16.1. The number of hydrogen-bond acceptors (Lipinski definition) is 4. The van der Waals surface area contributed by atoms with Crippen LogP contribution < -0.4 is 4.74 Å². The lowest BCUT2D eigenvalue weighted by Gasteiger charge is -2.09. The number of carbonyl (C=O) groups excluding carboxylic acids is 1. The SMILES string of the molecule is CCCC(=O)Oc1cn(Cc2ccc(Cl)cc2)c2nc(CCC)n3c4ccccc4nc3c12. The fraction of sp³-hybridized carbons (Fsp3) is 0.269. The molecule has 3 heterocycles. The van der Waals surface area contributed by atoms with Gasteiger partial charge in [0.05, 0.1) is 11.0 Å². The molecule has 0 saturated carbocycles. The van der Waals surface area contributed by atoms with Crippen LogP contribution in [0.25, 0.3) is 27.7 Å². The molecule has 0 amide bonds. The predicted molar refractivity (Wildman–Crippen MR) is 131 cm³/mol. The molecule has 168 valence electrons. The van der Waals surface area contributed by atoms with Crippen molar-refractivity contribution in [3.63, 3.8) is 0 Å². The fourth-order valence-corrected chi connectivity index (χ4v) is 4.36. The molecule has 0 atom stereocenters. The maximum atomic E-state index is 12.4. The van der Waals surface area contributed by atoms with Gasteiger partial charge in [-0.2, -0.15) is 0 Å². The number of rotatable bonds is 7. The minimum atomic E-state index is -0.255. The number of carbonyl (C=O) groups is 1. The summed E-state index contributed by atoms with van der Waals surface area (Å²) in [5.74, 6) is 1.18. The van der Waals surface area contributed by atoms with Gasteiger partial charge in [-0.25, -0.2) is 9.97 Å². The molecule has 0 aliphatic rings. The first-order valence-corrected chi connectivity index (χ1v) is 11.7. The lowest BCUT2D eigenvalue weighted by Crippen LogP contribution is -2.07. The Morgan fingerprint density at radius 3 is 2.55 bits per heavy atom. The summed E-state index contributed by atoms with van der Waals surface area (Å²) in [7, 11) is 0. The number of aryl methyl sites for hydroxylation is 1. The molecule has 5 rings (SSSR count). The normalized spacial score (nSPS) is 11.6. The largest absolute Gasteiger partial charge is 0.424 e. The van der Waals surface area contributed by atoms with Gasteiger partial charge in [0.1, 0.15) is 16.9 Å². The van der Waals surface area contributed by atoms with Gasteiger partial charge in [-0.05, 0) is 42.7 Å². The highest BCUT2D eigenvalue weighted by Crippen LogP contribution is 2.34. The average Bonchev–Trinajstić information content (AvgIpc) is 3.34. The molecule has 0 unspecified atom stereocenters. The first-order valence-electron chi connectivity index (χ1n) is 11.3. The Kier molecular flexibility index (Phi) is 5.77. The third-order valence-electron chi connectivity index (χ3n) is 5.71. The number of benzene rings is 2. The molecular weight excluding hydrogens is 436 g/mol. The zero-order chi connectivity index (χ0) is 22.9. The van der Waals surface area contributed by atoms with E-state index in [4.69, 9.17) is 26.3 Å². The quantitative estimate of drug-likeness (QED) is 0.271. The number of fused-ring (bicyclic) bond motifs is 5. The van der Waals surface area contributed by atoms with Crippen LogP contribution in [-0.4, -0.2) is 24.9 Å². The molecule has 0 spiro atoms. The van der Waals surface area contributed by atoms with Crippen LogP contribution in [0.2, 0.25) is 5.02 Å². The summed E-state index contributed by atoms with van der Waals surface area (Å²) in [5.41, 5.74) is 4.49. The third kappa shape index (κ3) is 3.95. The number of para-hydroxylation sites is 2. The Bertz CT molecular complexity index is 1470. The molecule has 0 aliphatic carbocycles. The number of aromatic nitrogens is 4. The highest BCUT2D eigenvalue weighted by Gasteiger charge is 2.22. The summed E-state index contributed by atoms with van der Waals surface area (Å²) in [6, 6.07) is 15.8. The molecule has 0 aliphatic heterocycles. The van der Waals surface area contributed by atoms with E-state index in [0.29, 0.717) is 23.7 Å². The Hall–Kier alpha value is -3.38. The number of esters is 1. The Labute approximate surface area is 196 Å². The summed E-state index contributed by atoms with van der Waals surface area (Å²) < 4.78 is 9.97. The zero-order valence-corrected chi connectivity index (χ0v) is 19.5. The summed E-state index contributed by atoms with van der Waals surface area (Å²) in [5, 5.41) is 1.45. The smallest absolute Gasteiger partial charge is 0.311 e. The third-order valence-corrected chi connectivity index (χ3v) is 5.96. The molecule has 6 nitrogen and oxygen atoms in total. The Morgan fingerprint density at radius 1 is 1.00 bits per heavy atom. The highest BCUT2D eigenvalue weighted by molar-refractivity contribution is 6.30. The van der Waals surface area contributed by atoms with Crippen molar-refractivity contribution in [2.45, 2.75) is 46.1 Å². The maximum Gasteiger partial charge on any atom is 0.311 e. The number of nitrogens with zero attached hydrogens (tertiary/aromatic N) is 4. The molecule has 0 bridgehead atoms. The predicted octanol–water partition coefficient (Wildman–Crippen LogP) is 6.20. The minimum Gasteiger partial charge on any atom is -0.424 e. The van der Waals surface area contributed by atoms with E-state index in [-0.39, 0.29) is 5.97 Å². The number of imidazole rings is 1. The second-order valence-corrected chi connectivity index (χ2v) is 8.64. The van der Waals surface area contributed by atoms with Crippen molar-refractivity contribution >= 4 is 45.3 Å². The number of halogens is 1. The van der Waals surface area contributed by atoms with Crippen molar-refractivity contribution in [3.05, 3.63) is 71.1 Å². The van der Waals surface area contributed by atoms with Crippen LogP contribution in [0.4, 0.5) is 0 Å². The lowest BCUT2D eigenvalue weighted by atomic mass is 10.2. The molecule has 5 aromatic rings. The molecule has 0 N–H and O–H groups in total. The van der Waals surface area contributed by atoms with Crippen LogP contribution in [0.15, 0.2) is 54.7 Å². The van der Waals surface area contributed by atoms with Crippen LogP contribution in [0.5, 0.6) is 5.75 Å². The topological polar surface area (TPSA) is 61.4 Å². The summed E-state index contributed by atoms with van der Waals surface area (Å²) in [6.45, 7) is 4.68. The minimum absolute atomic E-state index is 0.255. The summed E-state index contributed by atoms with van der Waals surface area (Å²) in [4.78, 5) is 22.4. The fourth-order valence-electron chi connectivity index (χ4n) is 4.23. The van der Waals surface area contributed by atoms with E-state index >= 15 is 0 Å². The number of hydrogen-bond donors (Lipinski definition) is 0. The van der Waals surface area contributed by atoms with E-state index in [0.717, 1.165) is 58.4 Å². The van der Waals surface area contributed by atoms with Gasteiger partial charge in [0, 0.05) is 30.6 Å². The van der Waals surface area contributed by atoms with Gasteiger partial charge in [-0.3, -0.25) is 9.20 Å². The molecule has 3 aromatic heterocycles. The van der Waals surface area contributed by atoms with Gasteiger partial charge in [-0.15, -0.1) is 0 Å². The molecule has 0 saturated heterocycles. The van der Waals surface area contributed by atoms with E-state index in [1.54, 1.807) is 0 Å². The zero-order valence-electron chi connectivity index (χ0n) is 18.7. The van der Waals surface area contributed by atoms with Crippen molar-refractivity contribution in [3.8, 4) is 5.75 Å². The van der Waals surface area contributed by atoms with E-state index in [1.165, 1.54) is 0 Å². The van der Waals surface area contributed by atoms with E-state index in [1.807, 2.05) is 60.2 Å². The van der Waals surface area contributed by atoms with Crippen LogP contribution >= 0.6 is 11.6 Å². The van der Waals surface area contributed by atoms with Crippen molar-refractivity contribution in [1.82, 2.24) is 18.9 Å². The first kappa shape index (κ1) is 21.5. The van der Waals surface area contributed by atoms with Gasteiger partial charge in [0.15, 0.2) is 11.4 Å². The standard InChI is InChI=1S/C26H25ClN4O2/c1-3-7-22-29-25-24(26-28-19-9-5-6-10-20(19)31(22)26)21(33-23(32)8-4-2)16-30(25)15-17-11-13-18(27)14-12-17/h5-6,9-14,16H,3-4,7-8,15H2,1-2H3. The molecular formula is C26H25ClN4O2. The van der Waals surface area contributed by atoms with E-state index in [9.17, 15) is 4.79 Å². The molecule has 7 heteroatoms. The van der Waals surface area contributed by atoms with Gasteiger partial charge in [-0.1, -0.05) is 49.7 Å². The van der Waals surface area contributed by atoms with Crippen LogP contribution in [0, 0.1) is 0 Å². The Balaban J connectivity index is 1.78. The van der Waals surface area contributed by atoms with E-state index in [2.05, 4.69) is 17.4 Å². The van der Waals surface area contributed by atoms with Crippen molar-refractivity contribution in [2.75, 3.05) is 0 Å². The van der Waals surface area contributed by atoms with Crippen molar-refractivity contribution in [2.24, 2.45) is 0 Å². The second kappa shape index (κ2) is 8.87. The lowest BCUT2D eigenvalue weighted by molar-refractivity contribution is -0.134. The maximum absolute atomic E-state index is 12.4. The van der Waals surface area contributed by atoms with Crippen LogP contribution in [-0.2, 0) is 17.8 Å². The average molecular weight is 461 g/mol. The van der Waals surface area contributed by atoms with Gasteiger partial charge in [0.2, 0.25) is 0 Å².